The smallest absolute Gasteiger partial charge is 0.321 e. The van der Waals surface area contributed by atoms with E-state index in [1.54, 1.807) is 40.6 Å². The number of anilines is 4. The van der Waals surface area contributed by atoms with Crippen LogP contribution in [0.25, 0.3) is 20.9 Å². The SMILES string of the molecule is CC.CC(=O)N1CC(CNC(=O)Nc2cc(-c3cccs3)ccc2N)C1.Nc1ccc(-c2cccs2)cc1NC(=O)N1CCCC1. The van der Waals surface area contributed by atoms with Crippen LogP contribution in [-0.2, 0) is 4.79 Å². The molecule has 6 rings (SSSR count). The minimum Gasteiger partial charge on any atom is -0.397 e. The lowest BCUT2D eigenvalue weighted by molar-refractivity contribution is -0.134. The van der Waals surface area contributed by atoms with Crippen LogP contribution in [0, 0.1) is 5.92 Å². The fourth-order valence-corrected chi connectivity index (χ4v) is 6.44. The summed E-state index contributed by atoms with van der Waals surface area (Å²) in [6.45, 7) is 9.16. The monoisotopic (exact) mass is 661 g/mol. The van der Waals surface area contributed by atoms with Gasteiger partial charge in [0.1, 0.15) is 0 Å². The van der Waals surface area contributed by atoms with E-state index < -0.39 is 0 Å². The number of thiophene rings is 2. The summed E-state index contributed by atoms with van der Waals surface area (Å²) >= 11 is 3.31. The van der Waals surface area contributed by atoms with Crippen molar-refractivity contribution in [3.8, 4) is 20.9 Å². The molecule has 2 aromatic heterocycles. The maximum atomic E-state index is 12.1. The fraction of sp³-hybridized carbons (Fsp3) is 0.324. The van der Waals surface area contributed by atoms with Gasteiger partial charge in [-0.25, -0.2) is 9.59 Å². The van der Waals surface area contributed by atoms with Gasteiger partial charge in [0, 0.05) is 55.3 Å². The van der Waals surface area contributed by atoms with Gasteiger partial charge in [-0.3, -0.25) is 4.79 Å². The molecule has 2 aliphatic rings. The molecule has 4 aromatic rings. The van der Waals surface area contributed by atoms with Crippen LogP contribution < -0.4 is 27.4 Å². The topological polar surface area (TPSA) is 146 Å². The number of likely N-dealkylation sites (tertiary alicyclic amines) is 2. The molecule has 2 aliphatic heterocycles. The number of nitrogens with one attached hydrogen (secondary N) is 3. The van der Waals surface area contributed by atoms with Crippen molar-refractivity contribution in [2.24, 2.45) is 5.92 Å². The number of carbonyl (C=O) groups excluding carboxylic acids is 3. The highest BCUT2D eigenvalue weighted by molar-refractivity contribution is 7.13. The van der Waals surface area contributed by atoms with Gasteiger partial charge in [0.25, 0.3) is 0 Å². The van der Waals surface area contributed by atoms with E-state index in [1.807, 2.05) is 78.0 Å². The Morgan fingerprint density at radius 2 is 1.30 bits per heavy atom. The molecule has 0 bridgehead atoms. The summed E-state index contributed by atoms with van der Waals surface area (Å²) in [5.74, 6) is 0.392. The van der Waals surface area contributed by atoms with Gasteiger partial charge in [0.15, 0.2) is 0 Å². The van der Waals surface area contributed by atoms with E-state index >= 15 is 0 Å². The molecule has 0 atom stereocenters. The average molecular weight is 662 g/mol. The Bertz CT molecular complexity index is 1580. The normalized spacial score (nSPS) is 13.8. The van der Waals surface area contributed by atoms with Crippen LogP contribution in [0.5, 0.6) is 0 Å². The fourth-order valence-electron chi connectivity index (χ4n) is 5.00. The quantitative estimate of drug-likeness (QED) is 0.138. The first kappa shape index (κ1) is 34.3. The van der Waals surface area contributed by atoms with E-state index in [4.69, 9.17) is 11.5 Å². The van der Waals surface area contributed by atoms with Gasteiger partial charge in [0.2, 0.25) is 5.91 Å². The summed E-state index contributed by atoms with van der Waals surface area (Å²) in [7, 11) is 0. The molecule has 4 heterocycles. The molecule has 46 heavy (non-hydrogen) atoms. The Hall–Kier alpha value is -4.55. The highest BCUT2D eigenvalue weighted by Crippen LogP contribution is 2.31. The van der Waals surface area contributed by atoms with E-state index in [9.17, 15) is 14.4 Å². The molecule has 0 spiro atoms. The average Bonchev–Trinajstić information content (AvgIpc) is 3.84. The van der Waals surface area contributed by atoms with E-state index in [-0.39, 0.29) is 18.0 Å². The van der Waals surface area contributed by atoms with Crippen molar-refractivity contribution < 1.29 is 14.4 Å². The van der Waals surface area contributed by atoms with Crippen LogP contribution in [-0.4, -0.2) is 60.5 Å². The molecule has 0 radical (unpaired) electrons. The van der Waals surface area contributed by atoms with Crippen molar-refractivity contribution in [2.75, 3.05) is 54.8 Å². The zero-order valence-electron chi connectivity index (χ0n) is 26.5. The van der Waals surface area contributed by atoms with Crippen LogP contribution in [0.15, 0.2) is 71.4 Å². The number of carbonyl (C=O) groups is 3. The number of nitrogen functional groups attached to an aromatic ring is 2. The number of nitrogens with two attached hydrogens (primary N) is 2. The van der Waals surface area contributed by atoms with Crippen LogP contribution in [0.2, 0.25) is 0 Å². The summed E-state index contributed by atoms with van der Waals surface area (Å²) in [5.41, 5.74) is 16.4. The van der Waals surface area contributed by atoms with Crippen LogP contribution in [0.3, 0.4) is 0 Å². The highest BCUT2D eigenvalue weighted by Gasteiger charge is 2.28. The Balaban J connectivity index is 0.000000201. The molecule has 244 valence electrons. The maximum absolute atomic E-state index is 12.1. The number of hydrogen-bond donors (Lipinski definition) is 5. The number of hydrogen-bond acceptors (Lipinski definition) is 7. The molecule has 10 nitrogen and oxygen atoms in total. The minimum atomic E-state index is -0.286. The second kappa shape index (κ2) is 16.7. The first-order valence-electron chi connectivity index (χ1n) is 15.5. The summed E-state index contributed by atoms with van der Waals surface area (Å²) < 4.78 is 0. The van der Waals surface area contributed by atoms with Gasteiger partial charge >= 0.3 is 12.1 Å². The highest BCUT2D eigenvalue weighted by atomic mass is 32.1. The molecule has 5 amide bonds. The Kier molecular flexibility index (Phi) is 12.4. The second-order valence-corrected chi connectivity index (χ2v) is 12.7. The summed E-state index contributed by atoms with van der Waals surface area (Å²) in [5, 5.41) is 12.6. The molecule has 7 N–H and O–H groups in total. The Morgan fingerprint density at radius 3 is 1.78 bits per heavy atom. The van der Waals surface area contributed by atoms with Gasteiger partial charge < -0.3 is 37.2 Å². The van der Waals surface area contributed by atoms with E-state index in [0.717, 1.165) is 41.9 Å². The van der Waals surface area contributed by atoms with Gasteiger partial charge in [-0.05, 0) is 71.1 Å². The lowest BCUT2D eigenvalue weighted by Crippen LogP contribution is -2.53. The molecule has 2 aromatic carbocycles. The lowest BCUT2D eigenvalue weighted by atomic mass is 10.0. The standard InChI is InChI=1S/C17H20N4O2S.C15H17N3OS.C2H6/c1-11(22)21-9-12(10-21)8-19-17(23)20-15-7-13(4-5-14(15)18)16-3-2-6-24-16;16-12-6-5-11(14-4-3-9-20-14)10-13(12)17-15(19)18-7-1-2-8-18;1-2/h2-7,12H,8-10,18H2,1H3,(H2,19,20,23);3-6,9-10H,1-2,7-8,16H2,(H,17,19);1-2H3. The van der Waals surface area contributed by atoms with Crippen molar-refractivity contribution in [1.82, 2.24) is 15.1 Å². The second-order valence-electron chi connectivity index (χ2n) is 10.8. The summed E-state index contributed by atoms with van der Waals surface area (Å²) in [6, 6.07) is 19.1. The number of amides is 5. The summed E-state index contributed by atoms with van der Waals surface area (Å²) in [6.07, 6.45) is 2.16. The predicted octanol–water partition coefficient (Wildman–Crippen LogP) is 7.25. The molecular weight excluding hydrogens is 619 g/mol. The molecule has 0 unspecified atom stereocenters. The molecule has 2 saturated heterocycles. The molecule has 0 aliphatic carbocycles. The predicted molar refractivity (Wildman–Crippen MR) is 192 cm³/mol. The van der Waals surface area contributed by atoms with Gasteiger partial charge in [-0.2, -0.15) is 0 Å². The Labute approximate surface area is 278 Å². The van der Waals surface area contributed by atoms with Crippen molar-refractivity contribution in [3.63, 3.8) is 0 Å². The minimum absolute atomic E-state index is 0.0578. The zero-order chi connectivity index (χ0) is 33.1. The van der Waals surface area contributed by atoms with Crippen molar-refractivity contribution in [2.45, 2.75) is 33.6 Å². The third-order valence-corrected chi connectivity index (χ3v) is 9.39. The molecule has 12 heteroatoms. The number of nitrogens with zero attached hydrogens (tertiary/aromatic N) is 2. The van der Waals surface area contributed by atoms with E-state index in [1.165, 1.54) is 4.88 Å². The van der Waals surface area contributed by atoms with E-state index in [2.05, 4.69) is 22.0 Å². The van der Waals surface area contributed by atoms with Crippen LogP contribution >= 0.6 is 22.7 Å². The largest absolute Gasteiger partial charge is 0.397 e. The van der Waals surface area contributed by atoms with E-state index in [0.29, 0.717) is 48.3 Å². The van der Waals surface area contributed by atoms with Crippen molar-refractivity contribution >= 4 is 63.4 Å². The van der Waals surface area contributed by atoms with Crippen LogP contribution in [0.4, 0.5) is 32.3 Å². The zero-order valence-corrected chi connectivity index (χ0v) is 28.2. The van der Waals surface area contributed by atoms with Crippen molar-refractivity contribution in [3.05, 3.63) is 71.4 Å². The first-order valence-corrected chi connectivity index (χ1v) is 17.3. The maximum Gasteiger partial charge on any atom is 0.321 e. The van der Waals surface area contributed by atoms with Crippen LogP contribution in [0.1, 0.15) is 33.6 Å². The number of benzene rings is 2. The number of urea groups is 2. The first-order chi connectivity index (χ1) is 22.3. The third-order valence-electron chi connectivity index (χ3n) is 7.55. The molecule has 0 saturated carbocycles. The summed E-state index contributed by atoms with van der Waals surface area (Å²) in [4.78, 5) is 41.2. The van der Waals surface area contributed by atoms with Gasteiger partial charge in [-0.15, -0.1) is 22.7 Å². The molecular formula is C34H43N7O3S2. The Morgan fingerprint density at radius 1 is 0.783 bits per heavy atom. The van der Waals surface area contributed by atoms with Gasteiger partial charge in [-0.1, -0.05) is 38.1 Å². The third kappa shape index (κ3) is 9.24. The number of rotatable bonds is 6. The van der Waals surface area contributed by atoms with Gasteiger partial charge in [0.05, 0.1) is 22.7 Å². The molecule has 2 fully saturated rings. The lowest BCUT2D eigenvalue weighted by Gasteiger charge is -2.38. The van der Waals surface area contributed by atoms with Crippen molar-refractivity contribution in [1.29, 1.82) is 0 Å².